The highest BCUT2D eigenvalue weighted by molar-refractivity contribution is 7.54. The van der Waals surface area contributed by atoms with E-state index in [1.807, 2.05) is 12.1 Å². The van der Waals surface area contributed by atoms with E-state index in [0.29, 0.717) is 11.5 Å². The molecule has 1 aromatic heterocycles. The van der Waals surface area contributed by atoms with Crippen LogP contribution < -0.4 is 20.3 Å². The summed E-state index contributed by atoms with van der Waals surface area (Å²) in [5.74, 6) is 3.59. The zero-order valence-electron chi connectivity index (χ0n) is 20.6. The average Bonchev–Trinajstić information content (AvgIpc) is 3.32. The van der Waals surface area contributed by atoms with Gasteiger partial charge in [0.1, 0.15) is 25.1 Å². The zero-order valence-corrected chi connectivity index (χ0v) is 22.5. The van der Waals surface area contributed by atoms with Gasteiger partial charge in [0.25, 0.3) is 5.56 Å². The fourth-order valence-electron chi connectivity index (χ4n) is 3.21. The van der Waals surface area contributed by atoms with E-state index in [9.17, 15) is 14.2 Å². The molecule has 0 saturated heterocycles. The normalized spacial score (nSPS) is 17.2. The number of aromatic nitrogens is 2. The second-order valence-electron chi connectivity index (χ2n) is 9.20. The van der Waals surface area contributed by atoms with Gasteiger partial charge in [0, 0.05) is 6.20 Å². The summed E-state index contributed by atoms with van der Waals surface area (Å²) in [5.41, 5.74) is 2.07. The van der Waals surface area contributed by atoms with Crippen LogP contribution in [0.3, 0.4) is 0 Å². The first-order valence-corrected chi connectivity index (χ1v) is 16.8. The Bertz CT molecular complexity index is 1440. The van der Waals surface area contributed by atoms with Crippen molar-refractivity contribution in [3.63, 3.8) is 0 Å². The Kier molecular flexibility index (Phi) is 8.00. The zero-order chi connectivity index (χ0) is 26.5. The van der Waals surface area contributed by atoms with Crippen LogP contribution in [0.25, 0.3) is 0 Å². The summed E-state index contributed by atoms with van der Waals surface area (Å²) in [4.78, 5) is 26.9. The highest BCUT2D eigenvalue weighted by Crippen LogP contribution is 2.49. The summed E-state index contributed by atoms with van der Waals surface area (Å²) in [6.45, 7) is 6.16. The summed E-state index contributed by atoms with van der Waals surface area (Å²) in [6.07, 6.45) is 2.32. The highest BCUT2D eigenvalue weighted by Gasteiger charge is 2.32. The lowest BCUT2D eigenvalue weighted by Crippen LogP contribution is -2.34. The molecule has 2 aromatic carbocycles. The van der Waals surface area contributed by atoms with Gasteiger partial charge in [0.05, 0.1) is 0 Å². The smallest absolute Gasteiger partial charge is 0.415 e. The van der Waals surface area contributed by atoms with Gasteiger partial charge in [-0.05, 0) is 36.4 Å². The van der Waals surface area contributed by atoms with Gasteiger partial charge in [0.2, 0.25) is 0 Å². The molecule has 0 unspecified atom stereocenters. The number of ether oxygens (including phenoxy) is 2. The Morgan fingerprint density at radius 3 is 2.14 bits per heavy atom. The summed E-state index contributed by atoms with van der Waals surface area (Å²) in [5, 5.41) is 0. The lowest BCUT2D eigenvalue weighted by atomic mass is 10.3. The van der Waals surface area contributed by atoms with Gasteiger partial charge in [-0.3, -0.25) is 14.3 Å². The molecule has 11 heteroatoms. The topological polar surface area (TPSA) is 109 Å². The number of nitrogens with one attached hydrogen (secondary N) is 1. The van der Waals surface area contributed by atoms with Crippen LogP contribution in [0.4, 0.5) is 0 Å². The van der Waals surface area contributed by atoms with E-state index in [4.69, 9.17) is 18.5 Å². The molecule has 1 aliphatic heterocycles. The minimum Gasteiger partial charge on any atom is -0.415 e. The van der Waals surface area contributed by atoms with Crippen LogP contribution in [-0.4, -0.2) is 30.3 Å². The first-order valence-electron chi connectivity index (χ1n) is 11.5. The maximum atomic E-state index is 13.6. The fourth-order valence-corrected chi connectivity index (χ4v) is 5.07. The molecule has 0 radical (unpaired) electrons. The summed E-state index contributed by atoms with van der Waals surface area (Å²) in [6, 6.07) is 17.3. The van der Waals surface area contributed by atoms with Gasteiger partial charge in [-0.15, -0.1) is 5.54 Å². The van der Waals surface area contributed by atoms with Crippen LogP contribution in [0.2, 0.25) is 19.6 Å². The molecule has 0 aliphatic carbocycles. The van der Waals surface area contributed by atoms with Crippen LogP contribution in [0, 0.1) is 11.5 Å². The predicted octanol–water partition coefficient (Wildman–Crippen LogP) is 4.50. The van der Waals surface area contributed by atoms with Crippen LogP contribution in [0.5, 0.6) is 11.5 Å². The first-order chi connectivity index (χ1) is 17.6. The predicted molar refractivity (Wildman–Crippen MR) is 142 cm³/mol. The molecule has 2 heterocycles. The van der Waals surface area contributed by atoms with Crippen molar-refractivity contribution in [2.24, 2.45) is 0 Å². The van der Waals surface area contributed by atoms with Crippen molar-refractivity contribution < 1.29 is 23.1 Å². The van der Waals surface area contributed by atoms with Crippen molar-refractivity contribution in [2.75, 3.05) is 6.35 Å². The molecule has 192 valence electrons. The van der Waals surface area contributed by atoms with E-state index >= 15 is 0 Å². The average molecular weight is 539 g/mol. The van der Waals surface area contributed by atoms with Crippen molar-refractivity contribution in [3.8, 4) is 23.0 Å². The largest absolute Gasteiger partial charge is 0.456 e. The van der Waals surface area contributed by atoms with Gasteiger partial charge >= 0.3 is 13.3 Å². The number of hydrogen-bond donors (Lipinski definition) is 1. The van der Waals surface area contributed by atoms with Crippen molar-refractivity contribution in [1.29, 1.82) is 0 Å². The number of aromatic amines is 1. The second kappa shape index (κ2) is 11.2. The molecule has 1 aliphatic rings. The molecular weight excluding hydrogens is 511 g/mol. The molecule has 0 bridgehead atoms. The fraction of sp³-hybridized carbons (Fsp3) is 0.231. The molecule has 0 saturated carbocycles. The maximum absolute atomic E-state index is 13.6. The summed E-state index contributed by atoms with van der Waals surface area (Å²) in [7, 11) is -5.56. The van der Waals surface area contributed by atoms with Gasteiger partial charge in [-0.1, -0.05) is 62.0 Å². The van der Waals surface area contributed by atoms with E-state index in [0.717, 1.165) is 0 Å². The lowest BCUT2D eigenvalue weighted by Gasteiger charge is -2.22. The van der Waals surface area contributed by atoms with Crippen molar-refractivity contribution in [1.82, 2.24) is 9.55 Å². The van der Waals surface area contributed by atoms with E-state index < -0.39 is 45.8 Å². The number of para-hydroxylation sites is 2. The standard InChI is InChI=1S/C26H27N2O7PSi/c1-37(2,3)17-16-20-18-28(26(30)27-25(20)29)23-14-15-24(33-23)32-19-36(31,34-21-10-6-4-7-11-21)35-22-12-8-5-9-13-22/h4-15,18,23-24H,19H2,1-3H3,(H,27,29,30)/t23-,24+/m1/s1. The number of H-pyrrole nitrogens is 1. The van der Waals surface area contributed by atoms with Crippen molar-refractivity contribution in [3.05, 3.63) is 105 Å². The third-order valence-electron chi connectivity index (χ3n) is 4.89. The minimum absolute atomic E-state index is 0.167. The second-order valence-corrected chi connectivity index (χ2v) is 15.8. The minimum atomic E-state index is -3.82. The SMILES string of the molecule is C[Si](C)(C)C#Cc1cn([C@H]2C=C[C@@H](OCP(=O)(Oc3ccccc3)Oc3ccccc3)O2)c(=O)[nH]c1=O. The first kappa shape index (κ1) is 26.4. The Morgan fingerprint density at radius 1 is 0.973 bits per heavy atom. The summed E-state index contributed by atoms with van der Waals surface area (Å²) < 4.78 is 37.7. The molecule has 37 heavy (non-hydrogen) atoms. The lowest BCUT2D eigenvalue weighted by molar-refractivity contribution is -0.127. The molecule has 3 aromatic rings. The maximum Gasteiger partial charge on any atom is 0.456 e. The van der Waals surface area contributed by atoms with E-state index in [-0.39, 0.29) is 5.56 Å². The van der Waals surface area contributed by atoms with Gasteiger partial charge in [-0.25, -0.2) is 9.36 Å². The molecule has 1 N–H and O–H groups in total. The number of nitrogens with zero attached hydrogens (tertiary/aromatic N) is 1. The number of rotatable bonds is 8. The Balaban J connectivity index is 1.48. The van der Waals surface area contributed by atoms with Gasteiger partial charge < -0.3 is 18.5 Å². The van der Waals surface area contributed by atoms with Gasteiger partial charge in [-0.2, -0.15) is 0 Å². The van der Waals surface area contributed by atoms with Crippen LogP contribution in [0.1, 0.15) is 11.8 Å². The summed E-state index contributed by atoms with van der Waals surface area (Å²) >= 11 is 0. The number of benzene rings is 2. The van der Waals surface area contributed by atoms with Crippen LogP contribution in [-0.2, 0) is 14.0 Å². The number of hydrogen-bond acceptors (Lipinski definition) is 7. The molecule has 0 spiro atoms. The highest BCUT2D eigenvalue weighted by atomic mass is 31.2. The Labute approximate surface area is 215 Å². The monoisotopic (exact) mass is 538 g/mol. The van der Waals surface area contributed by atoms with E-state index in [1.165, 1.54) is 10.8 Å². The molecule has 2 atom stereocenters. The Morgan fingerprint density at radius 2 is 1.57 bits per heavy atom. The quantitative estimate of drug-likeness (QED) is 0.195. The van der Waals surface area contributed by atoms with E-state index in [1.54, 1.807) is 60.7 Å². The van der Waals surface area contributed by atoms with Crippen molar-refractivity contribution in [2.45, 2.75) is 32.2 Å². The van der Waals surface area contributed by atoms with Crippen LogP contribution >= 0.6 is 7.60 Å². The molecule has 9 nitrogen and oxygen atoms in total. The molecular formula is C26H27N2O7PSi. The van der Waals surface area contributed by atoms with Gasteiger partial charge in [0.15, 0.2) is 18.9 Å². The van der Waals surface area contributed by atoms with E-state index in [2.05, 4.69) is 36.1 Å². The van der Waals surface area contributed by atoms with Crippen LogP contribution in [0.15, 0.2) is 88.6 Å². The molecule has 4 rings (SSSR count). The third kappa shape index (κ3) is 7.44. The van der Waals surface area contributed by atoms with Crippen molar-refractivity contribution >= 4 is 15.7 Å². The molecule has 0 fully saturated rings. The third-order valence-corrected chi connectivity index (χ3v) is 7.21. The Hall–Kier alpha value is -3.61. The molecule has 0 amide bonds.